The number of fused-ring (bicyclic) bond motifs is 1. The molecular formula is C18H21N5O. The van der Waals surface area contributed by atoms with Crippen LogP contribution in [0, 0.1) is 13.8 Å². The van der Waals surface area contributed by atoms with E-state index >= 15 is 0 Å². The van der Waals surface area contributed by atoms with E-state index in [0.717, 1.165) is 35.4 Å². The van der Waals surface area contributed by atoms with Crippen LogP contribution in [0.1, 0.15) is 23.2 Å². The Balaban J connectivity index is 1.43. The topological polar surface area (TPSA) is 71.3 Å². The van der Waals surface area contributed by atoms with Gasteiger partial charge in [0.1, 0.15) is 0 Å². The maximum atomic E-state index is 11.8. The maximum Gasteiger partial charge on any atom is 0.319 e. The fourth-order valence-electron chi connectivity index (χ4n) is 2.47. The minimum absolute atomic E-state index is 0.185. The molecule has 0 bridgehead atoms. The second-order valence-corrected chi connectivity index (χ2v) is 5.90. The number of nitrogens with one attached hydrogen (secondary N) is 2. The van der Waals surface area contributed by atoms with Gasteiger partial charge >= 0.3 is 6.03 Å². The van der Waals surface area contributed by atoms with Crippen LogP contribution in [0.4, 0.5) is 10.5 Å². The van der Waals surface area contributed by atoms with Crippen LogP contribution in [0.25, 0.3) is 5.65 Å². The van der Waals surface area contributed by atoms with Crippen molar-refractivity contribution in [3.63, 3.8) is 0 Å². The summed E-state index contributed by atoms with van der Waals surface area (Å²) in [7, 11) is 0. The first-order valence-electron chi connectivity index (χ1n) is 8.02. The SMILES string of the molecule is Cc1ccc(NC(=O)NCCCc2cnc3cc(C)nn3c2)cc1. The molecule has 24 heavy (non-hydrogen) atoms. The van der Waals surface area contributed by atoms with Crippen molar-refractivity contribution in [1.29, 1.82) is 0 Å². The summed E-state index contributed by atoms with van der Waals surface area (Å²) in [6, 6.07) is 9.48. The lowest BCUT2D eigenvalue weighted by Gasteiger charge is -2.08. The highest BCUT2D eigenvalue weighted by Crippen LogP contribution is 2.08. The molecule has 0 saturated carbocycles. The van der Waals surface area contributed by atoms with Crippen molar-refractivity contribution in [2.24, 2.45) is 0 Å². The molecule has 2 aromatic heterocycles. The van der Waals surface area contributed by atoms with Crippen molar-refractivity contribution < 1.29 is 4.79 Å². The number of carbonyl (C=O) groups is 1. The van der Waals surface area contributed by atoms with Gasteiger partial charge in [-0.15, -0.1) is 0 Å². The first-order chi connectivity index (χ1) is 11.6. The monoisotopic (exact) mass is 323 g/mol. The lowest BCUT2D eigenvalue weighted by Crippen LogP contribution is -2.29. The van der Waals surface area contributed by atoms with Crippen molar-refractivity contribution >= 4 is 17.4 Å². The number of amides is 2. The van der Waals surface area contributed by atoms with Crippen LogP contribution < -0.4 is 10.6 Å². The minimum atomic E-state index is -0.185. The highest BCUT2D eigenvalue weighted by Gasteiger charge is 2.03. The summed E-state index contributed by atoms with van der Waals surface area (Å²) < 4.78 is 1.79. The fourth-order valence-corrected chi connectivity index (χ4v) is 2.47. The van der Waals surface area contributed by atoms with Gasteiger partial charge in [0.25, 0.3) is 0 Å². The Morgan fingerprint density at radius 2 is 2.00 bits per heavy atom. The number of aromatic nitrogens is 3. The van der Waals surface area contributed by atoms with Gasteiger partial charge in [0.15, 0.2) is 5.65 Å². The van der Waals surface area contributed by atoms with Crippen LogP contribution in [0.3, 0.4) is 0 Å². The molecule has 6 heteroatoms. The standard InChI is InChI=1S/C18H21N5O/c1-13-5-7-16(8-6-13)21-18(24)19-9-3-4-15-11-20-17-10-14(2)22-23(17)12-15/h5-8,10-12H,3-4,9H2,1-2H3,(H2,19,21,24). The zero-order valence-corrected chi connectivity index (χ0v) is 13.9. The summed E-state index contributed by atoms with van der Waals surface area (Å²) in [5.74, 6) is 0. The van der Waals surface area contributed by atoms with E-state index in [9.17, 15) is 4.79 Å². The lowest BCUT2D eigenvalue weighted by molar-refractivity contribution is 0.252. The van der Waals surface area contributed by atoms with E-state index in [1.54, 1.807) is 4.52 Å². The highest BCUT2D eigenvalue weighted by atomic mass is 16.2. The Bertz CT molecular complexity index is 838. The second kappa shape index (κ2) is 7.12. The number of nitrogens with zero attached hydrogens (tertiary/aromatic N) is 3. The Hall–Kier alpha value is -2.89. The Morgan fingerprint density at radius 3 is 2.79 bits per heavy atom. The van der Waals surface area contributed by atoms with Crippen molar-refractivity contribution in [2.45, 2.75) is 26.7 Å². The van der Waals surface area contributed by atoms with Crippen molar-refractivity contribution in [2.75, 3.05) is 11.9 Å². The van der Waals surface area contributed by atoms with Gasteiger partial charge in [-0.2, -0.15) is 5.10 Å². The van der Waals surface area contributed by atoms with Crippen molar-refractivity contribution in [3.8, 4) is 0 Å². The quantitative estimate of drug-likeness (QED) is 0.709. The van der Waals surface area contributed by atoms with E-state index in [0.29, 0.717) is 6.54 Å². The third kappa shape index (κ3) is 4.10. The third-order valence-electron chi connectivity index (χ3n) is 3.73. The Kier molecular flexibility index (Phi) is 4.74. The molecule has 0 atom stereocenters. The number of rotatable bonds is 5. The molecular weight excluding hydrogens is 302 g/mol. The zero-order chi connectivity index (χ0) is 16.9. The van der Waals surface area contributed by atoms with Gasteiger partial charge < -0.3 is 10.6 Å². The van der Waals surface area contributed by atoms with E-state index in [1.807, 2.05) is 56.6 Å². The molecule has 0 aliphatic heterocycles. The molecule has 2 amide bonds. The molecule has 124 valence electrons. The first kappa shape index (κ1) is 16.0. The number of hydrogen-bond acceptors (Lipinski definition) is 3. The van der Waals surface area contributed by atoms with Crippen LogP contribution in [-0.4, -0.2) is 27.2 Å². The first-order valence-corrected chi connectivity index (χ1v) is 8.02. The van der Waals surface area contributed by atoms with Gasteiger partial charge in [0.2, 0.25) is 0 Å². The number of carbonyl (C=O) groups excluding carboxylic acids is 1. The minimum Gasteiger partial charge on any atom is -0.338 e. The summed E-state index contributed by atoms with van der Waals surface area (Å²) >= 11 is 0. The van der Waals surface area contributed by atoms with Crippen LogP contribution in [0.2, 0.25) is 0 Å². The summed E-state index contributed by atoms with van der Waals surface area (Å²) in [6.45, 7) is 4.57. The van der Waals surface area contributed by atoms with Crippen molar-refractivity contribution in [1.82, 2.24) is 19.9 Å². The smallest absolute Gasteiger partial charge is 0.319 e. The number of urea groups is 1. The predicted octanol–water partition coefficient (Wildman–Crippen LogP) is 3.10. The molecule has 0 radical (unpaired) electrons. The summed E-state index contributed by atoms with van der Waals surface area (Å²) in [6.07, 6.45) is 5.53. The van der Waals surface area contributed by atoms with E-state index in [-0.39, 0.29) is 6.03 Å². The molecule has 6 nitrogen and oxygen atoms in total. The second-order valence-electron chi connectivity index (χ2n) is 5.90. The van der Waals surface area contributed by atoms with Crippen LogP contribution >= 0.6 is 0 Å². The third-order valence-corrected chi connectivity index (χ3v) is 3.73. The molecule has 0 unspecified atom stereocenters. The molecule has 3 rings (SSSR count). The van der Waals surface area contributed by atoms with Crippen LogP contribution in [0.5, 0.6) is 0 Å². The zero-order valence-electron chi connectivity index (χ0n) is 13.9. The predicted molar refractivity (Wildman–Crippen MR) is 94.2 cm³/mol. The number of benzene rings is 1. The summed E-state index contributed by atoms with van der Waals surface area (Å²) in [5, 5.41) is 10.0. The van der Waals surface area contributed by atoms with Gasteiger partial charge in [-0.3, -0.25) is 0 Å². The number of anilines is 1. The van der Waals surface area contributed by atoms with Gasteiger partial charge in [0.05, 0.1) is 5.69 Å². The fraction of sp³-hybridized carbons (Fsp3) is 0.278. The Morgan fingerprint density at radius 1 is 1.21 bits per heavy atom. The molecule has 3 aromatic rings. The average molecular weight is 323 g/mol. The molecule has 1 aromatic carbocycles. The van der Waals surface area contributed by atoms with Crippen LogP contribution in [-0.2, 0) is 6.42 Å². The summed E-state index contributed by atoms with van der Waals surface area (Å²) in [4.78, 5) is 16.2. The molecule has 0 aliphatic rings. The van der Waals surface area contributed by atoms with Crippen molar-refractivity contribution in [3.05, 3.63) is 59.5 Å². The van der Waals surface area contributed by atoms with E-state index in [4.69, 9.17) is 0 Å². The van der Waals surface area contributed by atoms with E-state index in [2.05, 4.69) is 20.7 Å². The molecule has 0 fully saturated rings. The van der Waals surface area contributed by atoms with E-state index < -0.39 is 0 Å². The van der Waals surface area contributed by atoms with Crippen LogP contribution in [0.15, 0.2) is 42.7 Å². The van der Waals surface area contributed by atoms with Gasteiger partial charge in [-0.25, -0.2) is 14.3 Å². The molecule has 2 heterocycles. The average Bonchev–Trinajstić information content (AvgIpc) is 2.93. The van der Waals surface area contributed by atoms with Gasteiger partial charge in [0, 0.05) is 30.7 Å². The Labute approximate surface area is 140 Å². The lowest BCUT2D eigenvalue weighted by atomic mass is 10.2. The largest absolute Gasteiger partial charge is 0.338 e. The van der Waals surface area contributed by atoms with E-state index in [1.165, 1.54) is 5.56 Å². The molecule has 0 spiro atoms. The number of aryl methyl sites for hydroxylation is 3. The molecule has 2 N–H and O–H groups in total. The van der Waals surface area contributed by atoms with Gasteiger partial charge in [-0.1, -0.05) is 17.7 Å². The number of hydrogen-bond donors (Lipinski definition) is 2. The summed E-state index contributed by atoms with van der Waals surface area (Å²) in [5.41, 5.74) is 4.87. The molecule has 0 saturated heterocycles. The maximum absolute atomic E-state index is 11.8. The highest BCUT2D eigenvalue weighted by molar-refractivity contribution is 5.89. The van der Waals surface area contributed by atoms with Gasteiger partial charge in [-0.05, 0) is 44.4 Å². The normalized spacial score (nSPS) is 10.8. The molecule has 0 aliphatic carbocycles.